The van der Waals surface area contributed by atoms with Crippen LogP contribution >= 0.6 is 15.9 Å². The third-order valence-corrected chi connectivity index (χ3v) is 4.94. The number of piperazine rings is 1. The van der Waals surface area contributed by atoms with Gasteiger partial charge in [-0.15, -0.1) is 0 Å². The maximum absolute atomic E-state index is 3.77. The van der Waals surface area contributed by atoms with E-state index in [0.29, 0.717) is 11.6 Å². The molecule has 3 rings (SSSR count). The highest BCUT2D eigenvalue weighted by Gasteiger charge is 2.45. The first-order valence-corrected chi connectivity index (χ1v) is 7.65. The summed E-state index contributed by atoms with van der Waals surface area (Å²) in [4.78, 5) is 2.56. The van der Waals surface area contributed by atoms with E-state index in [9.17, 15) is 0 Å². The van der Waals surface area contributed by atoms with Crippen molar-refractivity contribution in [1.29, 1.82) is 0 Å². The molecular formula is C15H21BrN2. The second-order valence-corrected chi connectivity index (χ2v) is 6.95. The summed E-state index contributed by atoms with van der Waals surface area (Å²) in [5, 5.41) is 3.77. The minimum atomic E-state index is 0.300. The minimum absolute atomic E-state index is 0.300. The number of benzene rings is 1. The van der Waals surface area contributed by atoms with E-state index in [1.165, 1.54) is 23.0 Å². The highest BCUT2D eigenvalue weighted by molar-refractivity contribution is 9.10. The van der Waals surface area contributed by atoms with Crippen molar-refractivity contribution in [2.75, 3.05) is 18.0 Å². The number of anilines is 1. The van der Waals surface area contributed by atoms with Crippen molar-refractivity contribution < 1.29 is 0 Å². The smallest absolute Gasteiger partial charge is 0.0387 e. The molecule has 2 nitrogen and oxygen atoms in total. The summed E-state index contributed by atoms with van der Waals surface area (Å²) < 4.78 is 1.17. The van der Waals surface area contributed by atoms with Crippen molar-refractivity contribution in [2.45, 2.75) is 38.3 Å². The van der Waals surface area contributed by atoms with E-state index in [0.717, 1.165) is 19.0 Å². The van der Waals surface area contributed by atoms with Crippen LogP contribution in [0.5, 0.6) is 0 Å². The molecule has 3 heteroatoms. The van der Waals surface area contributed by atoms with E-state index in [2.05, 4.69) is 64.3 Å². The lowest BCUT2D eigenvalue weighted by atomic mass is 9.91. The first-order chi connectivity index (χ1) is 8.58. The fourth-order valence-electron chi connectivity index (χ4n) is 3.05. The molecule has 1 saturated carbocycles. The van der Waals surface area contributed by atoms with Gasteiger partial charge < -0.3 is 10.2 Å². The largest absolute Gasteiger partial charge is 0.366 e. The maximum atomic E-state index is 3.77. The van der Waals surface area contributed by atoms with E-state index >= 15 is 0 Å². The second-order valence-electron chi connectivity index (χ2n) is 6.03. The van der Waals surface area contributed by atoms with Gasteiger partial charge in [-0.25, -0.2) is 0 Å². The molecule has 0 bridgehead atoms. The number of hydrogen-bond acceptors (Lipinski definition) is 2. The van der Waals surface area contributed by atoms with Gasteiger partial charge in [0.25, 0.3) is 0 Å². The molecule has 0 spiro atoms. The topological polar surface area (TPSA) is 15.3 Å². The second kappa shape index (κ2) is 4.53. The lowest BCUT2D eigenvalue weighted by Gasteiger charge is -2.47. The quantitative estimate of drug-likeness (QED) is 0.900. The van der Waals surface area contributed by atoms with Crippen LogP contribution in [-0.2, 0) is 0 Å². The van der Waals surface area contributed by atoms with E-state index in [1.54, 1.807) is 0 Å². The Morgan fingerprint density at radius 1 is 1.39 bits per heavy atom. The van der Waals surface area contributed by atoms with Crippen molar-refractivity contribution in [3.8, 4) is 0 Å². The van der Waals surface area contributed by atoms with Gasteiger partial charge in [0.2, 0.25) is 0 Å². The Morgan fingerprint density at radius 2 is 2.17 bits per heavy atom. The molecule has 98 valence electrons. The third-order valence-electron chi connectivity index (χ3n) is 4.45. The average Bonchev–Trinajstić information content (AvgIpc) is 3.17. The zero-order valence-electron chi connectivity index (χ0n) is 11.1. The number of rotatable bonds is 2. The summed E-state index contributed by atoms with van der Waals surface area (Å²) >= 11 is 3.58. The Bertz CT molecular complexity index is 444. The number of halogens is 1. The molecular weight excluding hydrogens is 288 g/mol. The summed E-state index contributed by atoms with van der Waals surface area (Å²) in [6.07, 6.45) is 2.79. The van der Waals surface area contributed by atoms with Gasteiger partial charge in [0, 0.05) is 34.8 Å². The molecule has 0 aromatic heterocycles. The Morgan fingerprint density at radius 3 is 2.83 bits per heavy atom. The lowest BCUT2D eigenvalue weighted by Crippen LogP contribution is -2.63. The predicted octanol–water partition coefficient (Wildman–Crippen LogP) is 3.42. The van der Waals surface area contributed by atoms with Crippen LogP contribution in [0.4, 0.5) is 5.69 Å². The van der Waals surface area contributed by atoms with E-state index in [-0.39, 0.29) is 0 Å². The Labute approximate surface area is 118 Å². The van der Waals surface area contributed by atoms with Crippen molar-refractivity contribution in [1.82, 2.24) is 5.32 Å². The predicted molar refractivity (Wildman–Crippen MR) is 80.1 cm³/mol. The monoisotopic (exact) mass is 308 g/mol. The number of nitrogens with zero attached hydrogens (tertiary/aromatic N) is 1. The molecule has 1 aliphatic heterocycles. The Hall–Kier alpha value is -0.540. The first-order valence-electron chi connectivity index (χ1n) is 6.86. The van der Waals surface area contributed by atoms with Gasteiger partial charge in [-0.1, -0.05) is 22.0 Å². The van der Waals surface area contributed by atoms with Crippen molar-refractivity contribution in [2.24, 2.45) is 5.92 Å². The summed E-state index contributed by atoms with van der Waals surface area (Å²) in [7, 11) is 0. The van der Waals surface area contributed by atoms with E-state index < -0.39 is 0 Å². The van der Waals surface area contributed by atoms with Gasteiger partial charge in [-0.2, -0.15) is 0 Å². The highest BCUT2D eigenvalue weighted by atomic mass is 79.9. The molecule has 1 aromatic carbocycles. The van der Waals surface area contributed by atoms with Crippen LogP contribution in [0.2, 0.25) is 0 Å². The number of nitrogens with one attached hydrogen (secondary N) is 1. The molecule has 2 fully saturated rings. The van der Waals surface area contributed by atoms with Gasteiger partial charge in [0.1, 0.15) is 0 Å². The molecule has 1 N–H and O–H groups in total. The maximum Gasteiger partial charge on any atom is 0.0387 e. The Kier molecular flexibility index (Phi) is 3.15. The van der Waals surface area contributed by atoms with Crippen molar-refractivity contribution in [3.05, 3.63) is 28.7 Å². The zero-order valence-corrected chi connectivity index (χ0v) is 12.7. The molecule has 0 amide bonds. The van der Waals surface area contributed by atoms with Crippen molar-refractivity contribution >= 4 is 21.6 Å². The molecule has 0 radical (unpaired) electrons. The third kappa shape index (κ3) is 2.30. The van der Waals surface area contributed by atoms with Crippen LogP contribution in [0.25, 0.3) is 0 Å². The molecule has 18 heavy (non-hydrogen) atoms. The van der Waals surface area contributed by atoms with Crippen LogP contribution in [0.15, 0.2) is 28.7 Å². The molecule has 1 heterocycles. The van der Waals surface area contributed by atoms with Crippen LogP contribution in [0, 0.1) is 5.92 Å². The van der Waals surface area contributed by atoms with Gasteiger partial charge in [-0.05, 0) is 50.8 Å². The van der Waals surface area contributed by atoms with Crippen LogP contribution in [-0.4, -0.2) is 24.7 Å². The summed E-state index contributed by atoms with van der Waals surface area (Å²) in [6.45, 7) is 6.90. The van der Waals surface area contributed by atoms with Gasteiger partial charge >= 0.3 is 0 Å². The fourth-order valence-corrected chi connectivity index (χ4v) is 3.44. The summed E-state index contributed by atoms with van der Waals surface area (Å²) in [6, 6.07) is 9.24. The Balaban J connectivity index is 1.85. The normalized spacial score (nSPS) is 32.6. The van der Waals surface area contributed by atoms with Crippen LogP contribution in [0.3, 0.4) is 0 Å². The van der Waals surface area contributed by atoms with Gasteiger partial charge in [0.05, 0.1) is 0 Å². The van der Waals surface area contributed by atoms with E-state index in [1.807, 2.05) is 0 Å². The molecule has 2 unspecified atom stereocenters. The van der Waals surface area contributed by atoms with Gasteiger partial charge in [0.15, 0.2) is 0 Å². The summed E-state index contributed by atoms with van der Waals surface area (Å²) in [5.74, 6) is 0.875. The molecule has 1 aliphatic carbocycles. The van der Waals surface area contributed by atoms with Crippen LogP contribution < -0.4 is 10.2 Å². The molecule has 2 aliphatic rings. The summed E-state index contributed by atoms with van der Waals surface area (Å²) in [5.41, 5.74) is 1.64. The van der Waals surface area contributed by atoms with Crippen LogP contribution in [0.1, 0.15) is 26.7 Å². The van der Waals surface area contributed by atoms with Gasteiger partial charge in [-0.3, -0.25) is 0 Å². The lowest BCUT2D eigenvalue weighted by molar-refractivity contribution is 0.261. The zero-order chi connectivity index (χ0) is 12.8. The SMILES string of the molecule is CC1CNC(C)(C2CC2)CN1c1cccc(Br)c1. The first kappa shape index (κ1) is 12.5. The minimum Gasteiger partial charge on any atom is -0.366 e. The fraction of sp³-hybridized carbons (Fsp3) is 0.600. The molecule has 1 aromatic rings. The standard InChI is InChI=1S/C15H21BrN2/c1-11-9-17-15(2,12-6-7-12)10-18(11)14-5-3-4-13(16)8-14/h3-5,8,11-12,17H,6-7,9-10H2,1-2H3. The number of hydrogen-bond donors (Lipinski definition) is 1. The average molecular weight is 309 g/mol. The van der Waals surface area contributed by atoms with E-state index in [4.69, 9.17) is 0 Å². The molecule has 1 saturated heterocycles. The highest BCUT2D eigenvalue weighted by Crippen LogP contribution is 2.42. The van der Waals surface area contributed by atoms with Crippen molar-refractivity contribution in [3.63, 3.8) is 0 Å². The molecule has 2 atom stereocenters.